The van der Waals surface area contributed by atoms with Gasteiger partial charge in [0.2, 0.25) is 0 Å². The summed E-state index contributed by atoms with van der Waals surface area (Å²) in [4.78, 5) is 28.9. The van der Waals surface area contributed by atoms with Crippen molar-refractivity contribution in [2.24, 2.45) is 0 Å². The van der Waals surface area contributed by atoms with Gasteiger partial charge < -0.3 is 35.1 Å². The molecule has 5 rings (SSSR count). The summed E-state index contributed by atoms with van der Waals surface area (Å²) in [5.74, 6) is -0.133. The quantitative estimate of drug-likeness (QED) is 0.223. The highest BCUT2D eigenvalue weighted by molar-refractivity contribution is 5.88. The van der Waals surface area contributed by atoms with Crippen molar-refractivity contribution >= 4 is 33.9 Å². The Morgan fingerprint density at radius 1 is 1.26 bits per heavy atom. The number of anilines is 1. The molecule has 0 spiro atoms. The number of para-hydroxylation sites is 1. The van der Waals surface area contributed by atoms with Crippen molar-refractivity contribution in [1.29, 1.82) is 0 Å². The molecular weight excluding hydrogens is 456 g/mol. The third-order valence-corrected chi connectivity index (χ3v) is 6.13. The summed E-state index contributed by atoms with van der Waals surface area (Å²) in [6, 6.07) is 7.06. The molecule has 12 heteroatoms. The Bertz CT molecular complexity index is 1340. The first kappa shape index (κ1) is 23.2. The first-order valence-electron chi connectivity index (χ1n) is 11.3. The van der Waals surface area contributed by atoms with Crippen LogP contribution in [0.25, 0.3) is 22.1 Å². The number of hydrogen-bond acceptors (Lipinski definition) is 10. The summed E-state index contributed by atoms with van der Waals surface area (Å²) in [6.07, 6.45) is 0.436. The molecule has 0 bridgehead atoms. The number of esters is 1. The lowest BCUT2D eigenvalue weighted by Gasteiger charge is -2.18. The van der Waals surface area contributed by atoms with Crippen LogP contribution in [0, 0.1) is 0 Å². The van der Waals surface area contributed by atoms with E-state index >= 15 is 0 Å². The molecule has 3 aromatic heterocycles. The van der Waals surface area contributed by atoms with Crippen LogP contribution in [-0.4, -0.2) is 83.4 Å². The second-order valence-corrected chi connectivity index (χ2v) is 8.29. The molecule has 5 N–H and O–H groups in total. The molecule has 1 fully saturated rings. The number of aliphatic hydroxyl groups excluding tert-OH is 3. The number of aromatic nitrogens is 5. The number of aromatic amines is 1. The normalized spacial score (nSPS) is 23.1. The van der Waals surface area contributed by atoms with Gasteiger partial charge in [0, 0.05) is 23.5 Å². The van der Waals surface area contributed by atoms with E-state index in [1.807, 2.05) is 30.5 Å². The number of rotatable bonds is 8. The van der Waals surface area contributed by atoms with Gasteiger partial charge in [-0.3, -0.25) is 4.57 Å². The van der Waals surface area contributed by atoms with Crippen molar-refractivity contribution < 1.29 is 29.6 Å². The molecule has 5 atom stereocenters. The molecule has 0 radical (unpaired) electrons. The molecule has 1 aliphatic rings. The van der Waals surface area contributed by atoms with E-state index in [1.165, 1.54) is 17.2 Å². The number of nitrogens with one attached hydrogen (secondary N) is 2. The minimum atomic E-state index is -1.29. The molecule has 0 aliphatic carbocycles. The number of aliphatic hydroxyl groups is 3. The van der Waals surface area contributed by atoms with Crippen LogP contribution in [0.5, 0.6) is 0 Å². The van der Waals surface area contributed by atoms with Crippen molar-refractivity contribution in [2.45, 2.75) is 43.9 Å². The van der Waals surface area contributed by atoms with Crippen molar-refractivity contribution in [2.75, 3.05) is 18.5 Å². The van der Waals surface area contributed by atoms with Gasteiger partial charge in [0.1, 0.15) is 30.7 Å². The molecule has 1 saturated heterocycles. The number of fused-ring (bicyclic) bond motifs is 2. The average Bonchev–Trinajstić information content (AvgIpc) is 3.56. The molecular formula is C23H26N6O6. The summed E-state index contributed by atoms with van der Waals surface area (Å²) in [6.45, 7) is 1.52. The van der Waals surface area contributed by atoms with Crippen molar-refractivity contribution in [3.63, 3.8) is 0 Å². The minimum absolute atomic E-state index is 0.226. The van der Waals surface area contributed by atoms with Crippen molar-refractivity contribution in [3.8, 4) is 0 Å². The molecule has 2 unspecified atom stereocenters. The largest absolute Gasteiger partial charge is 0.464 e. The van der Waals surface area contributed by atoms with E-state index in [0.717, 1.165) is 16.5 Å². The van der Waals surface area contributed by atoms with Gasteiger partial charge >= 0.3 is 5.97 Å². The summed E-state index contributed by atoms with van der Waals surface area (Å²) in [5, 5.41) is 34.1. The lowest BCUT2D eigenvalue weighted by Crippen LogP contribution is -2.34. The fourth-order valence-electron chi connectivity index (χ4n) is 4.38. The zero-order valence-electron chi connectivity index (χ0n) is 18.9. The highest BCUT2D eigenvalue weighted by Crippen LogP contribution is 2.32. The third-order valence-electron chi connectivity index (χ3n) is 6.13. The van der Waals surface area contributed by atoms with Gasteiger partial charge in [-0.15, -0.1) is 0 Å². The van der Waals surface area contributed by atoms with E-state index in [4.69, 9.17) is 9.47 Å². The van der Waals surface area contributed by atoms with Gasteiger partial charge in [0.15, 0.2) is 23.2 Å². The van der Waals surface area contributed by atoms with E-state index < -0.39 is 43.2 Å². The van der Waals surface area contributed by atoms with Crippen LogP contribution in [0.3, 0.4) is 0 Å². The van der Waals surface area contributed by atoms with Gasteiger partial charge in [0.25, 0.3) is 0 Å². The molecule has 0 saturated carbocycles. The Morgan fingerprint density at radius 3 is 2.86 bits per heavy atom. The third kappa shape index (κ3) is 4.21. The van der Waals surface area contributed by atoms with Gasteiger partial charge in [-0.1, -0.05) is 18.2 Å². The van der Waals surface area contributed by atoms with Crippen LogP contribution >= 0.6 is 0 Å². The fraction of sp³-hybridized carbons (Fsp3) is 0.391. The summed E-state index contributed by atoms with van der Waals surface area (Å²) in [5.41, 5.74) is 2.57. The highest BCUT2D eigenvalue weighted by atomic mass is 16.6. The number of imidazole rings is 1. The Hall–Kier alpha value is -3.58. The van der Waals surface area contributed by atoms with Gasteiger partial charge in [-0.05, 0) is 18.6 Å². The number of carbonyl (C=O) groups is 1. The monoisotopic (exact) mass is 482 g/mol. The zero-order chi connectivity index (χ0) is 24.5. The number of hydrogen-bond donors (Lipinski definition) is 5. The molecule has 1 aromatic carbocycles. The number of benzene rings is 1. The predicted molar refractivity (Wildman–Crippen MR) is 124 cm³/mol. The van der Waals surface area contributed by atoms with Crippen LogP contribution in [0.2, 0.25) is 0 Å². The van der Waals surface area contributed by atoms with E-state index in [9.17, 15) is 20.1 Å². The number of nitrogens with zero attached hydrogens (tertiary/aromatic N) is 4. The molecule has 1 aliphatic heterocycles. The topological polar surface area (TPSA) is 168 Å². The summed E-state index contributed by atoms with van der Waals surface area (Å²) >= 11 is 0. The van der Waals surface area contributed by atoms with Crippen molar-refractivity contribution in [3.05, 3.63) is 48.7 Å². The van der Waals surface area contributed by atoms with Gasteiger partial charge in [-0.2, -0.15) is 0 Å². The summed E-state index contributed by atoms with van der Waals surface area (Å²) in [7, 11) is 0. The molecule has 35 heavy (non-hydrogen) atoms. The van der Waals surface area contributed by atoms with Crippen LogP contribution in [0.1, 0.15) is 18.7 Å². The average molecular weight is 482 g/mol. The molecule has 4 aromatic rings. The van der Waals surface area contributed by atoms with E-state index in [2.05, 4.69) is 25.3 Å². The maximum atomic E-state index is 12.8. The first-order valence-corrected chi connectivity index (χ1v) is 11.3. The van der Waals surface area contributed by atoms with Gasteiger partial charge in [0.05, 0.1) is 19.5 Å². The minimum Gasteiger partial charge on any atom is -0.464 e. The van der Waals surface area contributed by atoms with E-state index in [1.54, 1.807) is 6.92 Å². The van der Waals surface area contributed by atoms with Crippen LogP contribution in [-0.2, 0) is 20.7 Å². The molecule has 0 amide bonds. The highest BCUT2D eigenvalue weighted by Gasteiger charge is 2.44. The lowest BCUT2D eigenvalue weighted by molar-refractivity contribution is -0.144. The van der Waals surface area contributed by atoms with E-state index in [-0.39, 0.29) is 6.61 Å². The SMILES string of the molecule is CCOC(=O)[C@@H](Cc1c[nH]c2ccccc12)Nc1ncnc2c1ncn2[C@@H]1O[C@H](CO)C(O)C1O. The molecule has 184 valence electrons. The van der Waals surface area contributed by atoms with E-state index in [0.29, 0.717) is 23.4 Å². The maximum absolute atomic E-state index is 12.8. The lowest BCUT2D eigenvalue weighted by atomic mass is 10.0. The summed E-state index contributed by atoms with van der Waals surface area (Å²) < 4.78 is 12.4. The van der Waals surface area contributed by atoms with Gasteiger partial charge in [-0.25, -0.2) is 19.7 Å². The smallest absolute Gasteiger partial charge is 0.328 e. The molecule has 4 heterocycles. The Morgan fingerprint density at radius 2 is 2.09 bits per heavy atom. The Labute approximate surface area is 199 Å². The second-order valence-electron chi connectivity index (χ2n) is 8.29. The predicted octanol–water partition coefficient (Wildman–Crippen LogP) is 0.505. The maximum Gasteiger partial charge on any atom is 0.328 e. The standard InChI is InChI=1S/C23H26N6O6/c1-2-34-23(33)15(7-12-8-24-14-6-4-3-5-13(12)14)28-20-17-21(26-10-25-20)29(11-27-17)22-19(32)18(31)16(9-30)35-22/h3-6,8,10-11,15-16,18-19,22,24,30-32H,2,7,9H2,1H3,(H,25,26,28)/t15-,16-,18?,19?,22-/m1/s1. The number of ether oxygens (including phenoxy) is 2. The Kier molecular flexibility index (Phi) is 6.34. The van der Waals surface area contributed by atoms with Crippen molar-refractivity contribution in [1.82, 2.24) is 24.5 Å². The Balaban J connectivity index is 1.46. The molecule has 12 nitrogen and oxygen atoms in total. The number of H-pyrrole nitrogens is 1. The van der Waals surface area contributed by atoms with Crippen LogP contribution in [0.15, 0.2) is 43.1 Å². The number of carbonyl (C=O) groups excluding carboxylic acids is 1. The second kappa shape index (κ2) is 9.58. The van der Waals surface area contributed by atoms with Crippen LogP contribution < -0.4 is 5.32 Å². The first-order chi connectivity index (χ1) is 17.0. The fourth-order valence-corrected chi connectivity index (χ4v) is 4.38. The zero-order valence-corrected chi connectivity index (χ0v) is 18.9. The van der Waals surface area contributed by atoms with Crippen LogP contribution in [0.4, 0.5) is 5.82 Å².